The van der Waals surface area contributed by atoms with Crippen molar-refractivity contribution in [3.05, 3.63) is 35.4 Å². The second kappa shape index (κ2) is 4.09. The van der Waals surface area contributed by atoms with E-state index in [0.29, 0.717) is 6.04 Å². The van der Waals surface area contributed by atoms with E-state index in [2.05, 4.69) is 5.32 Å². The predicted octanol–water partition coefficient (Wildman–Crippen LogP) is 3.17. The van der Waals surface area contributed by atoms with Crippen molar-refractivity contribution in [1.82, 2.24) is 5.32 Å². The van der Waals surface area contributed by atoms with Crippen LogP contribution in [0.25, 0.3) is 0 Å². The van der Waals surface area contributed by atoms with Gasteiger partial charge in [-0.2, -0.15) is 13.2 Å². The fraction of sp³-hybridized carbons (Fsp3) is 0.500. The number of rotatable bonds is 1. The molecule has 1 saturated heterocycles. The first-order valence-electron chi connectivity index (χ1n) is 5.37. The Hall–Kier alpha value is -1.03. The molecule has 2 atom stereocenters. The molecule has 2 unspecified atom stereocenters. The number of halogens is 3. The summed E-state index contributed by atoms with van der Waals surface area (Å²) in [5.41, 5.74) is 0.233. The second-order valence-corrected chi connectivity index (χ2v) is 4.37. The predicted molar refractivity (Wildman–Crippen MR) is 56.3 cm³/mol. The number of hydrogen-bond donors (Lipinski definition) is 1. The molecule has 1 aromatic carbocycles. The lowest BCUT2D eigenvalue weighted by Crippen LogP contribution is -2.16. The van der Waals surface area contributed by atoms with Gasteiger partial charge in [0.1, 0.15) is 0 Å². The molecule has 1 N–H and O–H groups in total. The minimum atomic E-state index is -4.24. The Balaban J connectivity index is 2.23. The van der Waals surface area contributed by atoms with Crippen molar-refractivity contribution < 1.29 is 13.2 Å². The van der Waals surface area contributed by atoms with Crippen molar-refractivity contribution in [2.45, 2.75) is 31.5 Å². The van der Waals surface area contributed by atoms with Crippen LogP contribution in [0.3, 0.4) is 0 Å². The summed E-state index contributed by atoms with van der Waals surface area (Å²) < 4.78 is 37.5. The van der Waals surface area contributed by atoms with E-state index in [1.165, 1.54) is 12.1 Å². The molecule has 0 aliphatic carbocycles. The maximum absolute atomic E-state index is 12.5. The molecule has 1 aliphatic heterocycles. The Morgan fingerprint density at radius 2 is 2.06 bits per heavy atom. The highest BCUT2D eigenvalue weighted by atomic mass is 19.4. The lowest BCUT2D eigenvalue weighted by molar-refractivity contribution is -0.137. The number of nitrogens with one attached hydrogen (secondary N) is 1. The summed E-state index contributed by atoms with van der Waals surface area (Å²) in [7, 11) is 0. The average molecular weight is 229 g/mol. The average Bonchev–Trinajstić information content (AvgIpc) is 2.64. The summed E-state index contributed by atoms with van der Waals surface area (Å²) in [5.74, 6) is 0.206. The van der Waals surface area contributed by atoms with E-state index < -0.39 is 11.7 Å². The van der Waals surface area contributed by atoms with Gasteiger partial charge in [-0.05, 0) is 30.9 Å². The first-order chi connectivity index (χ1) is 7.47. The molecule has 0 radical (unpaired) electrons. The zero-order valence-corrected chi connectivity index (χ0v) is 9.01. The quantitative estimate of drug-likeness (QED) is 0.780. The maximum atomic E-state index is 12.5. The third-order valence-electron chi connectivity index (χ3n) is 3.04. The van der Waals surface area contributed by atoms with E-state index in [9.17, 15) is 13.2 Å². The Bertz CT molecular complexity index is 373. The van der Waals surface area contributed by atoms with E-state index in [1.54, 1.807) is 6.07 Å². The van der Waals surface area contributed by atoms with Gasteiger partial charge in [0.2, 0.25) is 0 Å². The number of alkyl halides is 3. The van der Waals surface area contributed by atoms with Crippen LogP contribution in [0.15, 0.2) is 24.3 Å². The zero-order valence-electron chi connectivity index (χ0n) is 9.01. The largest absolute Gasteiger partial charge is 0.416 e. The molecule has 0 saturated carbocycles. The fourth-order valence-corrected chi connectivity index (χ4v) is 2.16. The molecule has 1 aromatic rings. The van der Waals surface area contributed by atoms with Crippen LogP contribution in [0.1, 0.15) is 30.4 Å². The molecule has 1 heterocycles. The van der Waals surface area contributed by atoms with Crippen LogP contribution in [0.5, 0.6) is 0 Å². The molecule has 0 bridgehead atoms. The van der Waals surface area contributed by atoms with E-state index in [0.717, 1.165) is 24.6 Å². The third kappa shape index (κ3) is 2.38. The molecule has 1 nitrogen and oxygen atoms in total. The van der Waals surface area contributed by atoms with Crippen LogP contribution in [-0.4, -0.2) is 12.6 Å². The van der Waals surface area contributed by atoms with Crippen molar-refractivity contribution in [2.75, 3.05) is 6.54 Å². The Morgan fingerprint density at radius 1 is 1.31 bits per heavy atom. The lowest BCUT2D eigenvalue weighted by Gasteiger charge is -2.12. The van der Waals surface area contributed by atoms with Gasteiger partial charge in [0.05, 0.1) is 5.56 Å². The minimum absolute atomic E-state index is 0.206. The molecular weight excluding hydrogens is 215 g/mol. The molecule has 1 aliphatic rings. The summed E-state index contributed by atoms with van der Waals surface area (Å²) in [6.07, 6.45) is -3.34. The minimum Gasteiger partial charge on any atom is -0.314 e. The molecule has 0 amide bonds. The second-order valence-electron chi connectivity index (χ2n) is 4.37. The highest BCUT2D eigenvalue weighted by Crippen LogP contribution is 2.33. The van der Waals surface area contributed by atoms with Gasteiger partial charge >= 0.3 is 6.18 Å². The van der Waals surface area contributed by atoms with Gasteiger partial charge in [-0.15, -0.1) is 0 Å². The Kier molecular flexibility index (Phi) is 2.93. The van der Waals surface area contributed by atoms with Gasteiger partial charge in [0.15, 0.2) is 0 Å². The van der Waals surface area contributed by atoms with Crippen LogP contribution in [-0.2, 0) is 6.18 Å². The van der Waals surface area contributed by atoms with Gasteiger partial charge in [-0.3, -0.25) is 0 Å². The van der Waals surface area contributed by atoms with Crippen LogP contribution >= 0.6 is 0 Å². The van der Waals surface area contributed by atoms with Crippen molar-refractivity contribution in [3.63, 3.8) is 0 Å². The smallest absolute Gasteiger partial charge is 0.314 e. The summed E-state index contributed by atoms with van der Waals surface area (Å²) in [4.78, 5) is 0. The molecule has 0 aromatic heterocycles. The Morgan fingerprint density at radius 3 is 2.62 bits per heavy atom. The first kappa shape index (κ1) is 11.5. The first-order valence-corrected chi connectivity index (χ1v) is 5.37. The van der Waals surface area contributed by atoms with Gasteiger partial charge in [0, 0.05) is 12.6 Å². The topological polar surface area (TPSA) is 12.0 Å². The molecule has 1 fully saturated rings. The fourth-order valence-electron chi connectivity index (χ4n) is 2.16. The van der Waals surface area contributed by atoms with Crippen molar-refractivity contribution in [3.8, 4) is 0 Å². The molecule has 4 heteroatoms. The van der Waals surface area contributed by atoms with Gasteiger partial charge in [0.25, 0.3) is 0 Å². The highest BCUT2D eigenvalue weighted by Gasteiger charge is 2.31. The summed E-state index contributed by atoms with van der Waals surface area (Å²) in [6.45, 7) is 2.82. The maximum Gasteiger partial charge on any atom is 0.416 e. The van der Waals surface area contributed by atoms with E-state index in [4.69, 9.17) is 0 Å². The van der Waals surface area contributed by atoms with E-state index in [1.807, 2.05) is 6.92 Å². The van der Waals surface area contributed by atoms with Crippen molar-refractivity contribution in [2.24, 2.45) is 0 Å². The van der Waals surface area contributed by atoms with E-state index in [-0.39, 0.29) is 5.92 Å². The van der Waals surface area contributed by atoms with Gasteiger partial charge < -0.3 is 5.32 Å². The van der Waals surface area contributed by atoms with Crippen LogP contribution in [0.4, 0.5) is 13.2 Å². The molecule has 16 heavy (non-hydrogen) atoms. The summed E-state index contributed by atoms with van der Waals surface area (Å²) in [6, 6.07) is 6.04. The molecule has 0 spiro atoms. The Labute approximate surface area is 92.7 Å². The SMILES string of the molecule is CC1CC(c2cccc(C(F)(F)F)c2)CN1. The zero-order chi connectivity index (χ0) is 11.8. The number of hydrogen-bond acceptors (Lipinski definition) is 1. The molecule has 88 valence electrons. The van der Waals surface area contributed by atoms with Crippen molar-refractivity contribution >= 4 is 0 Å². The highest BCUT2D eigenvalue weighted by molar-refractivity contribution is 5.29. The van der Waals surface area contributed by atoms with Crippen molar-refractivity contribution in [1.29, 1.82) is 0 Å². The van der Waals surface area contributed by atoms with Gasteiger partial charge in [-0.25, -0.2) is 0 Å². The van der Waals surface area contributed by atoms with Crippen LogP contribution in [0.2, 0.25) is 0 Å². The van der Waals surface area contributed by atoms with E-state index >= 15 is 0 Å². The van der Waals surface area contributed by atoms with Crippen LogP contribution < -0.4 is 5.32 Å². The summed E-state index contributed by atoms with van der Waals surface area (Å²) in [5, 5.41) is 3.24. The van der Waals surface area contributed by atoms with Crippen LogP contribution in [0, 0.1) is 0 Å². The third-order valence-corrected chi connectivity index (χ3v) is 3.04. The molecular formula is C12H14F3N. The number of benzene rings is 1. The summed E-state index contributed by atoms with van der Waals surface area (Å²) >= 11 is 0. The standard InChI is InChI=1S/C12H14F3N/c1-8-5-10(7-16-8)9-3-2-4-11(6-9)12(13,14)15/h2-4,6,8,10,16H,5,7H2,1H3. The lowest BCUT2D eigenvalue weighted by atomic mass is 9.95. The van der Waals surface area contributed by atoms with Gasteiger partial charge in [-0.1, -0.05) is 18.2 Å². The molecule has 2 rings (SSSR count). The monoisotopic (exact) mass is 229 g/mol. The normalized spacial score (nSPS) is 26.0.